The summed E-state index contributed by atoms with van der Waals surface area (Å²) in [6.45, 7) is 3.44. The van der Waals surface area contributed by atoms with Crippen LogP contribution in [0.4, 0.5) is 0 Å². The van der Waals surface area contributed by atoms with Gasteiger partial charge in [0.15, 0.2) is 0 Å². The molecule has 86 valence electrons. The number of piperidine rings is 1. The molecule has 0 radical (unpaired) electrons. The molecule has 0 spiro atoms. The topological polar surface area (TPSA) is 46.1 Å². The molecule has 2 rings (SSSR count). The van der Waals surface area contributed by atoms with Crippen molar-refractivity contribution in [2.45, 2.75) is 26.2 Å². The zero-order chi connectivity index (χ0) is 11.5. The number of nitrogens with zero attached hydrogens (tertiary/aromatic N) is 3. The van der Waals surface area contributed by atoms with Crippen LogP contribution in [-0.2, 0) is 0 Å². The van der Waals surface area contributed by atoms with Crippen molar-refractivity contribution in [2.24, 2.45) is 0 Å². The van der Waals surface area contributed by atoms with Gasteiger partial charge in [0.2, 0.25) is 5.28 Å². The summed E-state index contributed by atoms with van der Waals surface area (Å²) in [6.07, 6.45) is 3.35. The van der Waals surface area contributed by atoms with Crippen LogP contribution in [0.3, 0.4) is 0 Å². The van der Waals surface area contributed by atoms with Crippen molar-refractivity contribution in [3.05, 3.63) is 22.7 Å². The van der Waals surface area contributed by atoms with Crippen molar-refractivity contribution >= 4 is 17.5 Å². The Hall–Kier alpha value is -1.16. The maximum absolute atomic E-state index is 12.1. The van der Waals surface area contributed by atoms with Gasteiger partial charge in [0.1, 0.15) is 5.69 Å². The van der Waals surface area contributed by atoms with Crippen LogP contribution >= 0.6 is 11.6 Å². The molecule has 1 aliphatic heterocycles. The van der Waals surface area contributed by atoms with Gasteiger partial charge in [0.25, 0.3) is 5.91 Å². The Morgan fingerprint density at radius 2 is 2.00 bits per heavy atom. The van der Waals surface area contributed by atoms with Crippen molar-refractivity contribution in [2.75, 3.05) is 13.1 Å². The third-order valence-corrected chi connectivity index (χ3v) is 2.86. The first-order valence-corrected chi connectivity index (χ1v) is 5.85. The monoisotopic (exact) mass is 239 g/mol. The van der Waals surface area contributed by atoms with Gasteiger partial charge < -0.3 is 4.90 Å². The van der Waals surface area contributed by atoms with Gasteiger partial charge in [0.05, 0.1) is 0 Å². The van der Waals surface area contributed by atoms with E-state index in [1.807, 2.05) is 4.90 Å². The predicted octanol–water partition coefficient (Wildman–Crippen LogP) is 2.06. The second-order valence-corrected chi connectivity index (χ2v) is 4.35. The quantitative estimate of drug-likeness (QED) is 0.705. The number of carbonyl (C=O) groups excluding carboxylic acids is 1. The molecular formula is C11H14ClN3O. The molecule has 1 saturated heterocycles. The van der Waals surface area contributed by atoms with Crippen molar-refractivity contribution < 1.29 is 4.79 Å². The Kier molecular flexibility index (Phi) is 3.39. The zero-order valence-corrected chi connectivity index (χ0v) is 10.00. The fourth-order valence-electron chi connectivity index (χ4n) is 1.90. The van der Waals surface area contributed by atoms with Crippen LogP contribution in [0, 0.1) is 6.92 Å². The minimum atomic E-state index is -0.0351. The lowest BCUT2D eigenvalue weighted by molar-refractivity contribution is 0.0718. The first-order chi connectivity index (χ1) is 7.66. The number of aromatic nitrogens is 2. The number of aryl methyl sites for hydroxylation is 1. The standard InChI is InChI=1S/C11H14ClN3O/c1-8-7-9(14-11(12)13-8)10(16)15-5-3-2-4-6-15/h7H,2-6H2,1H3. The summed E-state index contributed by atoms with van der Waals surface area (Å²) in [4.78, 5) is 21.8. The molecule has 1 aliphatic rings. The van der Waals surface area contributed by atoms with Crippen LogP contribution in [0.15, 0.2) is 6.07 Å². The average Bonchev–Trinajstić information content (AvgIpc) is 2.28. The van der Waals surface area contributed by atoms with E-state index in [2.05, 4.69) is 9.97 Å². The Labute approximate surface area is 99.6 Å². The molecule has 0 aliphatic carbocycles. The summed E-state index contributed by atoms with van der Waals surface area (Å²) in [5.41, 5.74) is 1.12. The molecule has 4 nitrogen and oxygen atoms in total. The summed E-state index contributed by atoms with van der Waals surface area (Å²) in [7, 11) is 0. The molecule has 1 amide bonds. The molecule has 0 aromatic carbocycles. The highest BCUT2D eigenvalue weighted by Crippen LogP contribution is 2.13. The van der Waals surface area contributed by atoms with Crippen molar-refractivity contribution in [1.82, 2.24) is 14.9 Å². The first kappa shape index (κ1) is 11.3. The minimum absolute atomic E-state index is 0.0351. The normalized spacial score (nSPS) is 16.2. The second kappa shape index (κ2) is 4.78. The number of rotatable bonds is 1. The minimum Gasteiger partial charge on any atom is -0.337 e. The average molecular weight is 240 g/mol. The Morgan fingerprint density at radius 1 is 1.31 bits per heavy atom. The van der Waals surface area contributed by atoms with E-state index in [4.69, 9.17) is 11.6 Å². The molecule has 1 aromatic heterocycles. The summed E-state index contributed by atoms with van der Waals surface area (Å²) in [5.74, 6) is -0.0351. The van der Waals surface area contributed by atoms with E-state index in [0.29, 0.717) is 5.69 Å². The molecule has 1 fully saturated rings. The molecule has 2 heterocycles. The van der Waals surface area contributed by atoms with Crippen molar-refractivity contribution in [3.8, 4) is 0 Å². The summed E-state index contributed by atoms with van der Waals surface area (Å²) < 4.78 is 0. The van der Waals surface area contributed by atoms with Gasteiger partial charge in [-0.3, -0.25) is 4.79 Å². The number of halogens is 1. The molecular weight excluding hydrogens is 226 g/mol. The Balaban J connectivity index is 2.19. The SMILES string of the molecule is Cc1cc(C(=O)N2CCCCC2)nc(Cl)n1. The summed E-state index contributed by atoms with van der Waals surface area (Å²) in [6, 6.07) is 1.68. The van der Waals surface area contributed by atoms with Crippen LogP contribution in [0.2, 0.25) is 5.28 Å². The number of hydrogen-bond donors (Lipinski definition) is 0. The van der Waals surface area contributed by atoms with E-state index in [1.165, 1.54) is 6.42 Å². The zero-order valence-electron chi connectivity index (χ0n) is 9.24. The molecule has 0 unspecified atom stereocenters. The van der Waals surface area contributed by atoms with Gasteiger partial charge in [-0.2, -0.15) is 0 Å². The highest BCUT2D eigenvalue weighted by Gasteiger charge is 2.19. The van der Waals surface area contributed by atoms with Crippen LogP contribution in [-0.4, -0.2) is 33.9 Å². The van der Waals surface area contributed by atoms with Crippen molar-refractivity contribution in [3.63, 3.8) is 0 Å². The Bertz CT molecular complexity index is 382. The molecule has 1 aromatic rings. The molecule has 0 atom stereocenters. The lowest BCUT2D eigenvalue weighted by atomic mass is 10.1. The lowest BCUT2D eigenvalue weighted by Gasteiger charge is -2.26. The molecule has 16 heavy (non-hydrogen) atoms. The van der Waals surface area contributed by atoms with Crippen LogP contribution in [0.5, 0.6) is 0 Å². The first-order valence-electron chi connectivity index (χ1n) is 5.47. The van der Waals surface area contributed by atoms with E-state index in [1.54, 1.807) is 13.0 Å². The van der Waals surface area contributed by atoms with E-state index in [-0.39, 0.29) is 11.2 Å². The van der Waals surface area contributed by atoms with Crippen LogP contribution in [0.1, 0.15) is 35.4 Å². The van der Waals surface area contributed by atoms with E-state index < -0.39 is 0 Å². The van der Waals surface area contributed by atoms with E-state index >= 15 is 0 Å². The third kappa shape index (κ3) is 2.50. The lowest BCUT2D eigenvalue weighted by Crippen LogP contribution is -2.36. The number of amides is 1. The Morgan fingerprint density at radius 3 is 2.62 bits per heavy atom. The maximum atomic E-state index is 12.1. The molecule has 0 N–H and O–H groups in total. The van der Waals surface area contributed by atoms with E-state index in [0.717, 1.165) is 31.6 Å². The highest BCUT2D eigenvalue weighted by atomic mass is 35.5. The number of likely N-dealkylation sites (tertiary alicyclic amines) is 1. The fraction of sp³-hybridized carbons (Fsp3) is 0.545. The third-order valence-electron chi connectivity index (χ3n) is 2.69. The predicted molar refractivity (Wildman–Crippen MR) is 61.5 cm³/mol. The number of carbonyl (C=O) groups is 1. The molecule has 0 bridgehead atoms. The maximum Gasteiger partial charge on any atom is 0.272 e. The van der Waals surface area contributed by atoms with Gasteiger partial charge in [-0.25, -0.2) is 9.97 Å². The van der Waals surface area contributed by atoms with Crippen LogP contribution in [0.25, 0.3) is 0 Å². The smallest absolute Gasteiger partial charge is 0.272 e. The summed E-state index contributed by atoms with van der Waals surface area (Å²) >= 11 is 5.74. The van der Waals surface area contributed by atoms with Gasteiger partial charge >= 0.3 is 0 Å². The van der Waals surface area contributed by atoms with Gasteiger partial charge in [0, 0.05) is 18.8 Å². The highest BCUT2D eigenvalue weighted by molar-refractivity contribution is 6.28. The van der Waals surface area contributed by atoms with Gasteiger partial charge in [-0.05, 0) is 43.9 Å². The largest absolute Gasteiger partial charge is 0.337 e. The molecule has 5 heteroatoms. The fourth-order valence-corrected chi connectivity index (χ4v) is 2.13. The second-order valence-electron chi connectivity index (χ2n) is 4.02. The number of hydrogen-bond acceptors (Lipinski definition) is 3. The summed E-state index contributed by atoms with van der Waals surface area (Å²) in [5, 5.41) is 0.139. The van der Waals surface area contributed by atoms with Crippen LogP contribution < -0.4 is 0 Å². The van der Waals surface area contributed by atoms with Gasteiger partial charge in [-0.15, -0.1) is 0 Å². The van der Waals surface area contributed by atoms with E-state index in [9.17, 15) is 4.79 Å². The molecule has 0 saturated carbocycles. The van der Waals surface area contributed by atoms with Crippen molar-refractivity contribution in [1.29, 1.82) is 0 Å². The van der Waals surface area contributed by atoms with Gasteiger partial charge in [-0.1, -0.05) is 0 Å².